The molecule has 2 aromatic carbocycles. The molecule has 0 atom stereocenters. The number of hydrogen-bond acceptors (Lipinski definition) is 29. The van der Waals surface area contributed by atoms with Gasteiger partial charge in [-0.15, -0.1) is 11.6 Å². The van der Waals surface area contributed by atoms with Gasteiger partial charge < -0.3 is 73.2 Å². The number of nitrogens with zero attached hydrogens (tertiary/aromatic N) is 7. The number of amides is 4. The Morgan fingerprint density at radius 2 is 1.01 bits per heavy atom. The number of aliphatic carboxylic acids is 1. The molecule has 34 nitrogen and oxygen atoms in total. The number of nitrogens with one attached hydrogen (secondary N) is 3. The summed E-state index contributed by atoms with van der Waals surface area (Å²) in [6.07, 6.45) is 18.0. The van der Waals surface area contributed by atoms with Crippen LogP contribution in [-0.2, 0) is 55.5 Å². The van der Waals surface area contributed by atoms with Gasteiger partial charge in [0.25, 0.3) is 29.6 Å². The van der Waals surface area contributed by atoms with Gasteiger partial charge in [-0.1, -0.05) is 101 Å². The highest BCUT2D eigenvalue weighted by Gasteiger charge is 2.33. The minimum atomic E-state index is -0.833. The Morgan fingerprint density at radius 3 is 1.49 bits per heavy atom. The number of fused-ring (bicyclic) bond motifs is 3. The Balaban J connectivity index is 0.00000149. The van der Waals surface area contributed by atoms with E-state index in [4.69, 9.17) is 76.1 Å². The number of ether oxygens (including phenoxy) is 10. The number of esters is 4. The monoisotopic (exact) mass is 2030 g/mol. The number of aryl methyl sites for hydroxylation is 3. The molecule has 730 valence electrons. The van der Waals surface area contributed by atoms with Gasteiger partial charge >= 0.3 is 23.9 Å². The van der Waals surface area contributed by atoms with Crippen LogP contribution in [0.4, 0.5) is 0 Å². The van der Waals surface area contributed by atoms with Gasteiger partial charge in [0.15, 0.2) is 0 Å². The van der Waals surface area contributed by atoms with Crippen molar-refractivity contribution in [3.8, 4) is 35.3 Å². The molecular weight excluding hydrogens is 1900 g/mol. The van der Waals surface area contributed by atoms with Crippen molar-refractivity contribution in [2.24, 2.45) is 11.7 Å². The van der Waals surface area contributed by atoms with E-state index in [0.717, 1.165) is 82.1 Å². The maximum absolute atomic E-state index is 11.7. The Morgan fingerprint density at radius 1 is 0.575 bits per heavy atom. The molecule has 3 aliphatic rings. The summed E-state index contributed by atoms with van der Waals surface area (Å²) in [7, 11) is 5.32. The number of aromatic amines is 1. The van der Waals surface area contributed by atoms with Gasteiger partial charge in [-0.05, 0) is 194 Å². The summed E-state index contributed by atoms with van der Waals surface area (Å²) in [5.41, 5.74) is 11.0. The highest BCUT2D eigenvalue weighted by atomic mass is 79.9. The van der Waals surface area contributed by atoms with E-state index in [0.29, 0.717) is 114 Å². The number of hydrazine groups is 1. The Bertz CT molecular complexity index is 5310. The van der Waals surface area contributed by atoms with Crippen molar-refractivity contribution in [2.45, 2.75) is 194 Å². The average Bonchev–Trinajstić information content (AvgIpc) is 1.62. The molecule has 12 rings (SSSR count). The number of benzene rings is 2. The quantitative estimate of drug-likeness (QED) is 0.00827. The summed E-state index contributed by atoms with van der Waals surface area (Å²) in [6.45, 7) is 35.2. The fraction of sp³-hybridized carbons (Fsp3) is 0.375. The van der Waals surface area contributed by atoms with Crippen LogP contribution < -0.4 is 56.3 Å². The van der Waals surface area contributed by atoms with E-state index in [-0.39, 0.29) is 92.7 Å². The van der Waals surface area contributed by atoms with E-state index in [1.807, 2.05) is 132 Å². The van der Waals surface area contributed by atoms with Crippen LogP contribution in [-0.4, -0.2) is 182 Å². The molecule has 10 heterocycles. The van der Waals surface area contributed by atoms with Crippen molar-refractivity contribution in [1.82, 2.24) is 50.4 Å². The Kier molecular flexibility index (Phi) is 59.0. The predicted octanol–water partition coefficient (Wildman–Crippen LogP) is 17.2. The largest absolute Gasteiger partial charge is 0.481 e. The number of hydrogen-bond donors (Lipinski definition) is 7. The van der Waals surface area contributed by atoms with Crippen LogP contribution in [0.1, 0.15) is 246 Å². The molecule has 0 saturated heterocycles. The van der Waals surface area contributed by atoms with Crippen LogP contribution >= 0.6 is 55.1 Å². The van der Waals surface area contributed by atoms with Crippen LogP contribution in [0.5, 0.6) is 35.3 Å². The number of carboxylic acids is 1. The fourth-order valence-corrected chi connectivity index (χ4v) is 12.4. The predicted molar refractivity (Wildman–Crippen MR) is 523 cm³/mol. The number of alkyl halides is 1. The number of aliphatic hydroxyl groups is 1. The zero-order valence-corrected chi connectivity index (χ0v) is 82.4. The highest BCUT2D eigenvalue weighted by Crippen LogP contribution is 2.32. The van der Waals surface area contributed by atoms with Crippen LogP contribution in [0.25, 0.3) is 6.08 Å². The molecule has 0 unspecified atom stereocenters. The number of carboxylic acid groups (broad SMARTS) is 1. The van der Waals surface area contributed by atoms with Gasteiger partial charge in [0, 0.05) is 127 Å². The molecule has 0 aliphatic carbocycles. The lowest BCUT2D eigenvalue weighted by Crippen LogP contribution is -2.32. The Hall–Kier alpha value is -12.6. The molecule has 9 aromatic rings. The third-order valence-electron chi connectivity index (χ3n) is 16.5. The van der Waals surface area contributed by atoms with E-state index in [2.05, 4.69) is 112 Å². The number of halogens is 4. The van der Waals surface area contributed by atoms with Gasteiger partial charge in [0.1, 0.15) is 11.6 Å². The normalized spacial score (nSPS) is 11.3. The second kappa shape index (κ2) is 65.1. The van der Waals surface area contributed by atoms with Crippen molar-refractivity contribution < 1.29 is 101 Å². The fourth-order valence-electron chi connectivity index (χ4n) is 11.0. The number of carbonyl (C=O) groups excluding carboxylic acids is 8. The maximum Gasteiger partial charge on any atom is 0.339 e. The molecule has 9 N–H and O–H groups in total. The first-order chi connectivity index (χ1) is 62.7. The second-order valence-electron chi connectivity index (χ2n) is 28.7. The van der Waals surface area contributed by atoms with Gasteiger partial charge in [0.05, 0.1) is 108 Å². The zero-order valence-electron chi connectivity index (χ0n) is 77.7. The zero-order chi connectivity index (χ0) is 99.4. The van der Waals surface area contributed by atoms with Gasteiger partial charge in [0.2, 0.25) is 40.8 Å². The number of aliphatic hydroxyl groups excluding tert-OH is 1. The number of aromatic nitrogens is 7. The summed E-state index contributed by atoms with van der Waals surface area (Å²) >= 11 is 18.4. The second-order valence-corrected chi connectivity index (χ2v) is 31.0. The summed E-state index contributed by atoms with van der Waals surface area (Å²) in [5, 5.41) is 20.8. The molecule has 7 aromatic heterocycles. The minimum Gasteiger partial charge on any atom is -0.481 e. The molecule has 0 bridgehead atoms. The van der Waals surface area contributed by atoms with E-state index in [1.54, 1.807) is 86.3 Å². The van der Waals surface area contributed by atoms with Crippen LogP contribution in [0.15, 0.2) is 161 Å². The van der Waals surface area contributed by atoms with Crippen LogP contribution in [0.3, 0.4) is 0 Å². The number of methoxy groups -OCH3 is 4. The number of H-pyrrole nitrogens is 1. The number of carbonyl (C=O) groups is 9. The number of imide groups is 1. The molecule has 0 fully saturated rings. The molecule has 38 heteroatoms. The molecule has 134 heavy (non-hydrogen) atoms. The van der Waals surface area contributed by atoms with Crippen LogP contribution in [0.2, 0.25) is 5.02 Å². The lowest BCUT2D eigenvalue weighted by Gasteiger charge is -2.19. The van der Waals surface area contributed by atoms with Gasteiger partial charge in [-0.25, -0.2) is 54.0 Å². The molecule has 3 aliphatic heterocycles. The van der Waals surface area contributed by atoms with Crippen molar-refractivity contribution in [3.63, 3.8) is 0 Å². The smallest absolute Gasteiger partial charge is 0.339 e. The number of rotatable bonds is 22. The first kappa shape index (κ1) is 121. The minimum absolute atomic E-state index is 0. The van der Waals surface area contributed by atoms with Gasteiger partial charge in [-0.3, -0.25) is 40.5 Å². The van der Waals surface area contributed by atoms with Crippen molar-refractivity contribution in [1.29, 1.82) is 0 Å². The molecular formula is C96H126Br2Cl2N12O22. The number of allylic oxidation sites excluding steroid dienone is 1. The summed E-state index contributed by atoms with van der Waals surface area (Å²) in [5.74, 6) is 7.90. The average molecular weight is 2030 g/mol. The molecule has 0 radical (unpaired) electrons. The summed E-state index contributed by atoms with van der Waals surface area (Å²) in [6, 6.07) is 26.5. The SMILES string of the molecule is C.C.C/C=C/c1cnc(OC(C)C)cc1C(=O)OC.C=CN1C(=O)c2ccccc2C1=O.CC(=O)O.CC(C)Oc1cc2c(cn1)CCNC2=O.CC(C)Oc1ncc2c(c1Cl)C(=O)NCC2.CCCc1cnc(OC(C)C)cc1C(=O)OC.CCO.COC(=O)c1cc(=O)[nH]cc1Br.COC(=O)c1cc(OC(C)C)ncc1Br.Cc1cc(C)c(CCl)c(OCc2ccccc2)n1.NN. The first-order valence-electron chi connectivity index (χ1n) is 41.2. The van der Waals surface area contributed by atoms with E-state index < -0.39 is 23.9 Å². The van der Waals surface area contributed by atoms with E-state index in [9.17, 15) is 43.2 Å². The number of nitrogens with two attached hydrogens (primary N) is 2. The summed E-state index contributed by atoms with van der Waals surface area (Å²) < 4.78 is 52.6. The Labute approximate surface area is 810 Å². The van der Waals surface area contributed by atoms with Crippen molar-refractivity contribution in [2.75, 3.05) is 48.1 Å². The van der Waals surface area contributed by atoms with Gasteiger partial charge in [-0.2, -0.15) is 0 Å². The third-order valence-corrected chi connectivity index (χ3v) is 18.4. The van der Waals surface area contributed by atoms with Crippen LogP contribution in [0, 0.1) is 13.8 Å². The molecule has 0 saturated carbocycles. The van der Waals surface area contributed by atoms with Crippen molar-refractivity contribution in [3.05, 3.63) is 260 Å². The lowest BCUT2D eigenvalue weighted by atomic mass is 10.0. The topological polar surface area (TPSA) is 476 Å². The first-order valence-corrected chi connectivity index (χ1v) is 43.7. The lowest BCUT2D eigenvalue weighted by molar-refractivity contribution is -0.134. The van der Waals surface area contributed by atoms with E-state index >= 15 is 0 Å². The van der Waals surface area contributed by atoms with E-state index in [1.165, 1.54) is 53.1 Å². The summed E-state index contributed by atoms with van der Waals surface area (Å²) in [4.78, 5) is 140. The highest BCUT2D eigenvalue weighted by molar-refractivity contribution is 9.10. The number of pyridine rings is 7. The molecule has 4 amide bonds. The molecule has 0 spiro atoms. The maximum atomic E-state index is 11.7. The standard InChI is InChI=1S/C15H16ClNO.C13H19NO3.C13H17NO3.C11H13ClN2O2.C11H14N2O2.C10H12BrNO3.C10H7NO2.C7H6BrNO3.C2H4O2.C2H6O.2CH4.H4N2/c1-11-8-12(2)17-15(14(11)9-16)18-10-13-6-4-3-5-7-13;2*1-5-6-10-8-14-12(17-9(2)3)7-11(10)13(15)16-4;1-6(2)16-11-9(12)8-7(5-14-11)3-4-13-10(8)15;1-7(2)15-10-5-9-8(6-13-10)3-4-12-11(9)14;1-6(2)15-9-4-7(10(13)14-3)8(11)5-12-9;1-2-11-9(12)7-5-3-4-6-8(7)10(11)13;1-12-7(11)4-2-6(10)9-3-5(4)8;1-2(3)4;1-2-3;;;1-2/h3-8H,9-10H2,1-2H3;7-9H,5-6H2,1-4H3;5-9H,1-4H3;5-6H,3-4H2,1-2H3,(H,13,15);5-7H,3-4H2,1-2H3,(H,12,14);4-6H,1-3H3;2-6H,1H2;2-3H,1H3,(H,9,10);1H3,(H,3,4);3H,2H2,1H3;2*1H4;1-2H2/b;;6-5+;;;;;;;;;;. The van der Waals surface area contributed by atoms with Crippen molar-refractivity contribution >= 4 is 115 Å². The third kappa shape index (κ3) is 42.1.